The maximum atomic E-state index is 6.34. The maximum Gasteiger partial charge on any atom is 0.0450 e. The van der Waals surface area contributed by atoms with E-state index in [4.69, 9.17) is 11.6 Å². The minimum absolute atomic E-state index is 0. The van der Waals surface area contributed by atoms with Gasteiger partial charge in [-0.1, -0.05) is 85.1 Å². The first-order valence-electron chi connectivity index (χ1n) is 10.4. The van der Waals surface area contributed by atoms with Crippen LogP contribution in [0.2, 0.25) is 5.02 Å². The Morgan fingerprint density at radius 3 is 2.33 bits per heavy atom. The Morgan fingerprint density at radius 2 is 1.53 bits per heavy atom. The van der Waals surface area contributed by atoms with Crippen molar-refractivity contribution < 1.29 is 0 Å². The number of nitrogens with one attached hydrogen (secondary N) is 2. The smallest absolute Gasteiger partial charge is 0.0450 e. The van der Waals surface area contributed by atoms with E-state index in [0.29, 0.717) is 18.1 Å². The monoisotopic (exact) mass is 464 g/mol. The number of hydrogen-bond donors (Lipinski definition) is 2. The van der Waals surface area contributed by atoms with Gasteiger partial charge < -0.3 is 10.6 Å². The van der Waals surface area contributed by atoms with Crippen LogP contribution in [0.4, 0.5) is 0 Å². The lowest BCUT2D eigenvalue weighted by molar-refractivity contribution is 0.267. The van der Waals surface area contributed by atoms with Crippen LogP contribution >= 0.6 is 36.4 Å². The first-order valence-corrected chi connectivity index (χ1v) is 10.8. The van der Waals surface area contributed by atoms with Gasteiger partial charge in [-0.2, -0.15) is 0 Å². The van der Waals surface area contributed by atoms with Gasteiger partial charge in [-0.3, -0.25) is 0 Å². The van der Waals surface area contributed by atoms with Crippen LogP contribution in [0.3, 0.4) is 0 Å². The van der Waals surface area contributed by atoms with E-state index >= 15 is 0 Å². The molecule has 0 radical (unpaired) electrons. The zero-order chi connectivity index (χ0) is 19.3. The summed E-state index contributed by atoms with van der Waals surface area (Å²) in [5.74, 6) is 0. The Labute approximate surface area is 197 Å². The minimum atomic E-state index is 0. The Kier molecular flexibility index (Phi) is 9.93. The Balaban J connectivity index is 0.00000160. The van der Waals surface area contributed by atoms with Crippen molar-refractivity contribution in [3.8, 4) is 0 Å². The summed E-state index contributed by atoms with van der Waals surface area (Å²) in [6.07, 6.45) is 5.02. The zero-order valence-electron chi connectivity index (χ0n) is 17.3. The quantitative estimate of drug-likeness (QED) is 0.406. The van der Waals surface area contributed by atoms with E-state index in [0.717, 1.165) is 11.6 Å². The summed E-state index contributed by atoms with van der Waals surface area (Å²) in [7, 11) is 0. The van der Waals surface area contributed by atoms with Gasteiger partial charge in [0, 0.05) is 29.7 Å². The molecule has 0 saturated heterocycles. The topological polar surface area (TPSA) is 24.1 Å². The molecule has 1 saturated carbocycles. The van der Waals surface area contributed by atoms with Gasteiger partial charge in [0.25, 0.3) is 0 Å². The molecule has 4 rings (SSSR count). The summed E-state index contributed by atoms with van der Waals surface area (Å²) in [5, 5.41) is 11.2. The van der Waals surface area contributed by atoms with Crippen molar-refractivity contribution in [1.29, 1.82) is 0 Å². The van der Waals surface area contributed by atoms with Gasteiger partial charge in [0.15, 0.2) is 0 Å². The second kappa shape index (κ2) is 11.9. The van der Waals surface area contributed by atoms with Crippen LogP contribution < -0.4 is 10.6 Å². The molecule has 30 heavy (non-hydrogen) atoms. The van der Waals surface area contributed by atoms with E-state index in [1.165, 1.54) is 47.6 Å². The molecule has 0 heterocycles. The van der Waals surface area contributed by atoms with Gasteiger partial charge in [0.05, 0.1) is 0 Å². The molecule has 2 unspecified atom stereocenters. The highest BCUT2D eigenvalue weighted by Gasteiger charge is 2.26. The number of fused-ring (bicyclic) bond motifs is 1. The number of hydrogen-bond acceptors (Lipinski definition) is 2. The van der Waals surface area contributed by atoms with E-state index in [1.54, 1.807) is 0 Å². The molecule has 1 aliphatic carbocycles. The predicted molar refractivity (Wildman–Crippen MR) is 134 cm³/mol. The van der Waals surface area contributed by atoms with E-state index < -0.39 is 0 Å². The molecule has 0 aromatic heterocycles. The molecular formula is C25H31Cl3N2. The van der Waals surface area contributed by atoms with Crippen LogP contribution in [-0.4, -0.2) is 12.1 Å². The van der Waals surface area contributed by atoms with Crippen molar-refractivity contribution in [3.05, 3.63) is 82.9 Å². The van der Waals surface area contributed by atoms with Crippen molar-refractivity contribution in [1.82, 2.24) is 10.6 Å². The van der Waals surface area contributed by atoms with Gasteiger partial charge in [-0.05, 0) is 47.7 Å². The third-order valence-corrected chi connectivity index (χ3v) is 6.40. The number of halogens is 3. The summed E-state index contributed by atoms with van der Waals surface area (Å²) in [4.78, 5) is 0. The molecule has 3 aromatic rings. The molecular weight excluding hydrogens is 435 g/mol. The van der Waals surface area contributed by atoms with Crippen molar-refractivity contribution in [2.24, 2.45) is 0 Å². The highest BCUT2D eigenvalue weighted by molar-refractivity contribution is 6.31. The Bertz CT molecular complexity index is 926. The Hall–Kier alpha value is -1.29. The average molecular weight is 466 g/mol. The third-order valence-electron chi connectivity index (χ3n) is 6.03. The van der Waals surface area contributed by atoms with Gasteiger partial charge in [-0.15, -0.1) is 24.8 Å². The molecule has 0 aliphatic heterocycles. The average Bonchev–Trinajstić information content (AvgIpc) is 2.73. The van der Waals surface area contributed by atoms with Crippen molar-refractivity contribution in [2.45, 2.75) is 57.3 Å². The SMILES string of the molecule is CC(N[C@H]1CCCCC1NCc1ccccc1Cl)c1cccc2ccccc12.Cl.Cl. The summed E-state index contributed by atoms with van der Waals surface area (Å²) >= 11 is 6.34. The fourth-order valence-electron chi connectivity index (χ4n) is 4.50. The maximum absolute atomic E-state index is 6.34. The summed E-state index contributed by atoms with van der Waals surface area (Å²) in [5.41, 5.74) is 2.56. The second-order valence-corrected chi connectivity index (χ2v) is 8.33. The molecule has 1 fully saturated rings. The molecule has 3 aromatic carbocycles. The lowest BCUT2D eigenvalue weighted by Gasteiger charge is -2.35. The molecule has 162 valence electrons. The molecule has 5 heteroatoms. The van der Waals surface area contributed by atoms with Crippen LogP contribution in [0.5, 0.6) is 0 Å². The lowest BCUT2D eigenvalue weighted by Crippen LogP contribution is -2.50. The summed E-state index contributed by atoms with van der Waals surface area (Å²) in [6, 6.07) is 24.7. The predicted octanol–water partition coefficient (Wildman–Crippen LogP) is 7.09. The highest BCUT2D eigenvalue weighted by Crippen LogP contribution is 2.27. The Morgan fingerprint density at radius 1 is 0.867 bits per heavy atom. The van der Waals surface area contributed by atoms with E-state index in [2.05, 4.69) is 72.2 Å². The van der Waals surface area contributed by atoms with Crippen LogP contribution in [0.15, 0.2) is 66.7 Å². The van der Waals surface area contributed by atoms with Crippen LogP contribution in [0, 0.1) is 0 Å². The molecule has 0 spiro atoms. The first-order chi connectivity index (χ1) is 13.7. The van der Waals surface area contributed by atoms with Crippen LogP contribution in [0.1, 0.15) is 49.8 Å². The lowest BCUT2D eigenvalue weighted by atomic mass is 9.88. The van der Waals surface area contributed by atoms with Crippen molar-refractivity contribution >= 4 is 47.2 Å². The minimum Gasteiger partial charge on any atom is -0.308 e. The van der Waals surface area contributed by atoms with E-state index in [1.807, 2.05) is 12.1 Å². The first kappa shape index (κ1) is 25.0. The van der Waals surface area contributed by atoms with Crippen molar-refractivity contribution in [3.63, 3.8) is 0 Å². The molecule has 2 nitrogen and oxygen atoms in total. The molecule has 0 amide bonds. The molecule has 3 atom stereocenters. The third kappa shape index (κ3) is 5.90. The molecule has 1 aliphatic rings. The fraction of sp³-hybridized carbons (Fsp3) is 0.360. The number of rotatable bonds is 6. The van der Waals surface area contributed by atoms with Gasteiger partial charge in [0.1, 0.15) is 0 Å². The standard InChI is InChI=1S/C25H29ClN2.2ClH/c1-18(21-13-8-11-19-9-2-4-12-22(19)21)28-25-16-7-6-15-24(25)27-17-20-10-3-5-14-23(20)26;;/h2-5,8-14,18,24-25,27-28H,6-7,15-17H2,1H3;2*1H/t18?,24?,25-;;/m0../s1. The van der Waals surface area contributed by atoms with Gasteiger partial charge in [-0.25, -0.2) is 0 Å². The number of benzene rings is 3. The second-order valence-electron chi connectivity index (χ2n) is 7.93. The van der Waals surface area contributed by atoms with Crippen molar-refractivity contribution in [2.75, 3.05) is 0 Å². The summed E-state index contributed by atoms with van der Waals surface area (Å²) in [6.45, 7) is 3.12. The van der Waals surface area contributed by atoms with Gasteiger partial charge in [0.2, 0.25) is 0 Å². The zero-order valence-corrected chi connectivity index (χ0v) is 19.7. The van der Waals surface area contributed by atoms with Crippen LogP contribution in [0.25, 0.3) is 10.8 Å². The van der Waals surface area contributed by atoms with Gasteiger partial charge >= 0.3 is 0 Å². The molecule has 0 bridgehead atoms. The highest BCUT2D eigenvalue weighted by atomic mass is 35.5. The largest absolute Gasteiger partial charge is 0.308 e. The fourth-order valence-corrected chi connectivity index (χ4v) is 4.70. The molecule has 2 N–H and O–H groups in total. The summed E-state index contributed by atoms with van der Waals surface area (Å²) < 4.78 is 0. The van der Waals surface area contributed by atoms with E-state index in [-0.39, 0.29) is 24.8 Å². The van der Waals surface area contributed by atoms with E-state index in [9.17, 15) is 0 Å². The normalized spacial score (nSPS) is 19.5. The van der Waals surface area contributed by atoms with Crippen LogP contribution in [-0.2, 0) is 6.54 Å².